The zero-order valence-electron chi connectivity index (χ0n) is 16.5. The molecule has 0 fully saturated rings. The molecule has 30 heavy (non-hydrogen) atoms. The highest BCUT2D eigenvalue weighted by molar-refractivity contribution is 7.98. The summed E-state index contributed by atoms with van der Waals surface area (Å²) in [5.41, 5.74) is 10.5. The molecule has 4 amide bonds. The van der Waals surface area contributed by atoms with Crippen LogP contribution in [0.4, 0.5) is 0 Å². The minimum atomic E-state index is -1.27. The van der Waals surface area contributed by atoms with Gasteiger partial charge in [0.1, 0.15) is 24.2 Å². The second-order valence-corrected chi connectivity index (χ2v) is 7.63. The van der Waals surface area contributed by atoms with Crippen molar-refractivity contribution in [1.82, 2.24) is 16.0 Å². The minimum absolute atomic E-state index is 0.147. The van der Waals surface area contributed by atoms with E-state index in [1.807, 2.05) is 0 Å². The number of amides is 4. The summed E-state index contributed by atoms with van der Waals surface area (Å²) in [4.78, 5) is 59.3. The van der Waals surface area contributed by atoms with Gasteiger partial charge in [-0.2, -0.15) is 24.4 Å². The normalized spacial score (nSPS) is 14.7. The van der Waals surface area contributed by atoms with E-state index in [1.165, 1.54) is 11.8 Å². The summed E-state index contributed by atoms with van der Waals surface area (Å²) in [6.07, 6.45) is 1.53. The Balaban J connectivity index is 5.27. The van der Waals surface area contributed by atoms with Crippen LogP contribution in [0.2, 0.25) is 0 Å². The number of thioether (sulfide) groups is 1. The molecule has 0 saturated heterocycles. The highest BCUT2D eigenvalue weighted by Gasteiger charge is 2.29. The van der Waals surface area contributed by atoms with E-state index in [1.54, 1.807) is 6.26 Å². The lowest BCUT2D eigenvalue weighted by molar-refractivity contribution is -0.142. The Morgan fingerprint density at radius 2 is 1.50 bits per heavy atom. The number of nitrogens with two attached hydrogens (primary N) is 2. The average molecular weight is 468 g/mol. The van der Waals surface area contributed by atoms with Gasteiger partial charge in [-0.15, -0.1) is 0 Å². The Labute approximate surface area is 183 Å². The molecule has 14 heteroatoms. The molecule has 4 unspecified atom stereocenters. The quantitative estimate of drug-likeness (QED) is 0.114. The molecule has 0 radical (unpaired) electrons. The largest absolute Gasteiger partial charge is 0.480 e. The second kappa shape index (κ2) is 14.9. The van der Waals surface area contributed by atoms with E-state index in [0.717, 1.165) is 0 Å². The van der Waals surface area contributed by atoms with Crippen LogP contribution in [0.5, 0.6) is 0 Å². The minimum Gasteiger partial charge on any atom is -0.480 e. The van der Waals surface area contributed by atoms with Gasteiger partial charge in [-0.25, -0.2) is 4.79 Å². The van der Waals surface area contributed by atoms with E-state index in [0.29, 0.717) is 5.75 Å². The third-order valence-electron chi connectivity index (χ3n) is 3.89. The predicted molar refractivity (Wildman–Crippen MR) is 114 cm³/mol. The van der Waals surface area contributed by atoms with Crippen LogP contribution in [0.15, 0.2) is 0 Å². The molecule has 0 aliphatic rings. The molecule has 0 spiro atoms. The lowest BCUT2D eigenvalue weighted by Gasteiger charge is -2.24. The van der Waals surface area contributed by atoms with Crippen LogP contribution >= 0.6 is 24.4 Å². The van der Waals surface area contributed by atoms with Crippen LogP contribution in [0.3, 0.4) is 0 Å². The van der Waals surface area contributed by atoms with Crippen LogP contribution in [0, 0.1) is 0 Å². The number of aliphatic hydroxyl groups excluding tert-OH is 1. The van der Waals surface area contributed by atoms with Gasteiger partial charge in [0.05, 0.1) is 6.61 Å². The molecule has 0 aliphatic carbocycles. The Morgan fingerprint density at radius 1 is 0.967 bits per heavy atom. The number of rotatable bonds is 15. The number of aliphatic carboxylic acids is 1. The number of carboxylic acids is 1. The maximum absolute atomic E-state index is 12.5. The highest BCUT2D eigenvalue weighted by atomic mass is 32.2. The van der Waals surface area contributed by atoms with Crippen molar-refractivity contribution in [2.24, 2.45) is 11.5 Å². The van der Waals surface area contributed by atoms with Gasteiger partial charge in [0.15, 0.2) is 0 Å². The number of primary amides is 1. The summed E-state index contributed by atoms with van der Waals surface area (Å²) >= 11 is 5.38. The molecule has 0 bridgehead atoms. The van der Waals surface area contributed by atoms with Crippen molar-refractivity contribution in [2.45, 2.75) is 43.4 Å². The fourth-order valence-electron chi connectivity index (χ4n) is 2.15. The molecule has 0 saturated carbocycles. The van der Waals surface area contributed by atoms with E-state index in [9.17, 15) is 29.1 Å². The molecule has 12 nitrogen and oxygen atoms in total. The third-order valence-corrected chi connectivity index (χ3v) is 4.90. The van der Waals surface area contributed by atoms with E-state index < -0.39 is 60.4 Å². The average Bonchev–Trinajstić information content (AvgIpc) is 2.70. The number of carboxylic acid groups (broad SMARTS) is 1. The molecule has 0 aromatic carbocycles. The number of hydrogen-bond donors (Lipinski definition) is 8. The van der Waals surface area contributed by atoms with Crippen molar-refractivity contribution in [2.75, 3.05) is 24.4 Å². The molecule has 0 aliphatic heterocycles. The SMILES string of the molecule is CSCCC(NC(=O)C(CCC(N)=O)NC(=O)C(CS)NC(=O)C(N)CO)C(=O)O. The van der Waals surface area contributed by atoms with Gasteiger partial charge in [0, 0.05) is 12.2 Å². The van der Waals surface area contributed by atoms with Crippen LogP contribution in [-0.2, 0) is 24.0 Å². The Hall–Kier alpha value is -2.03. The fourth-order valence-corrected chi connectivity index (χ4v) is 2.88. The summed E-state index contributed by atoms with van der Waals surface area (Å²) in [5, 5.41) is 25.1. The van der Waals surface area contributed by atoms with Crippen LogP contribution < -0.4 is 27.4 Å². The maximum Gasteiger partial charge on any atom is 0.326 e. The Morgan fingerprint density at radius 3 is 1.97 bits per heavy atom. The first-order valence-electron chi connectivity index (χ1n) is 8.95. The summed E-state index contributed by atoms with van der Waals surface area (Å²) in [6.45, 7) is -0.636. The van der Waals surface area contributed by atoms with Crippen molar-refractivity contribution >= 4 is 54.0 Å². The fraction of sp³-hybridized carbons (Fsp3) is 0.688. The van der Waals surface area contributed by atoms with Gasteiger partial charge in [0.25, 0.3) is 0 Å². The Bertz CT molecular complexity index is 623. The zero-order chi connectivity index (χ0) is 23.3. The molecule has 172 valence electrons. The number of thiol groups is 1. The standard InChI is InChI=1S/C16H29N5O7S2/c1-30-5-4-10(16(27)28)20-14(25)9(2-3-12(18)23)19-15(26)11(7-29)21-13(24)8(17)6-22/h8-11,22,29H,2-7,17H2,1H3,(H2,18,23)(H,19,26)(H,20,25)(H,21,24)(H,27,28). The monoisotopic (exact) mass is 467 g/mol. The molecule has 0 aromatic heterocycles. The summed E-state index contributed by atoms with van der Waals surface area (Å²) in [7, 11) is 0. The van der Waals surface area contributed by atoms with E-state index in [-0.39, 0.29) is 25.0 Å². The lowest BCUT2D eigenvalue weighted by atomic mass is 10.1. The van der Waals surface area contributed by atoms with Crippen LogP contribution in [-0.4, -0.2) is 88.3 Å². The van der Waals surface area contributed by atoms with E-state index >= 15 is 0 Å². The topological polar surface area (TPSA) is 214 Å². The first kappa shape index (κ1) is 28.0. The van der Waals surface area contributed by atoms with Crippen molar-refractivity contribution in [3.05, 3.63) is 0 Å². The predicted octanol–water partition coefficient (Wildman–Crippen LogP) is -3.21. The van der Waals surface area contributed by atoms with E-state index in [2.05, 4.69) is 28.6 Å². The summed E-state index contributed by atoms with van der Waals surface area (Å²) in [6, 6.07) is -4.89. The lowest BCUT2D eigenvalue weighted by Crippen LogP contribution is -2.58. The summed E-state index contributed by atoms with van der Waals surface area (Å²) < 4.78 is 0. The third kappa shape index (κ3) is 10.7. The molecule has 0 heterocycles. The van der Waals surface area contributed by atoms with Crippen molar-refractivity contribution in [3.63, 3.8) is 0 Å². The summed E-state index contributed by atoms with van der Waals surface area (Å²) in [5.74, 6) is -4.03. The molecule has 9 N–H and O–H groups in total. The molecule has 4 atom stereocenters. The first-order valence-corrected chi connectivity index (χ1v) is 11.0. The number of hydrogen-bond acceptors (Lipinski definition) is 9. The van der Waals surface area contributed by atoms with Gasteiger partial charge in [-0.3, -0.25) is 19.2 Å². The number of carbonyl (C=O) groups excluding carboxylic acids is 4. The number of carbonyl (C=O) groups is 5. The van der Waals surface area contributed by atoms with Gasteiger partial charge < -0.3 is 37.6 Å². The molecule has 0 rings (SSSR count). The van der Waals surface area contributed by atoms with Crippen molar-refractivity contribution in [1.29, 1.82) is 0 Å². The zero-order valence-corrected chi connectivity index (χ0v) is 18.2. The molecular formula is C16H29N5O7S2. The maximum atomic E-state index is 12.5. The van der Waals surface area contributed by atoms with Gasteiger partial charge >= 0.3 is 5.97 Å². The first-order chi connectivity index (χ1) is 14.1. The Kier molecular flexibility index (Phi) is 13.9. The van der Waals surface area contributed by atoms with Crippen LogP contribution in [0.1, 0.15) is 19.3 Å². The van der Waals surface area contributed by atoms with Gasteiger partial charge in [0.2, 0.25) is 23.6 Å². The molecular weight excluding hydrogens is 438 g/mol. The van der Waals surface area contributed by atoms with Gasteiger partial charge in [-0.1, -0.05) is 0 Å². The van der Waals surface area contributed by atoms with Gasteiger partial charge in [-0.05, 0) is 24.9 Å². The van der Waals surface area contributed by atoms with Crippen molar-refractivity contribution < 1.29 is 34.2 Å². The number of aliphatic hydroxyl groups is 1. The van der Waals surface area contributed by atoms with E-state index in [4.69, 9.17) is 16.6 Å². The molecule has 0 aromatic rings. The van der Waals surface area contributed by atoms with Crippen molar-refractivity contribution in [3.8, 4) is 0 Å². The second-order valence-electron chi connectivity index (χ2n) is 6.28. The number of nitrogens with one attached hydrogen (secondary N) is 3. The smallest absolute Gasteiger partial charge is 0.326 e. The highest BCUT2D eigenvalue weighted by Crippen LogP contribution is 2.05. The van der Waals surface area contributed by atoms with Crippen LogP contribution in [0.25, 0.3) is 0 Å².